The van der Waals surface area contributed by atoms with Crippen molar-refractivity contribution in [2.24, 2.45) is 0 Å². The molecule has 0 aliphatic heterocycles. The van der Waals surface area contributed by atoms with Crippen molar-refractivity contribution < 1.29 is 0 Å². The van der Waals surface area contributed by atoms with E-state index >= 15 is 0 Å². The highest BCUT2D eigenvalue weighted by atomic mass is 16.1. The maximum atomic E-state index is 12.2. The smallest absolute Gasteiger partial charge is 0.251 e. The first-order chi connectivity index (χ1) is 13.2. The second kappa shape index (κ2) is 7.28. The lowest BCUT2D eigenvalue weighted by molar-refractivity contribution is 0.602. The van der Waals surface area contributed by atoms with Crippen LogP contribution >= 0.6 is 0 Å². The molecule has 28 heavy (non-hydrogen) atoms. The summed E-state index contributed by atoms with van der Waals surface area (Å²) >= 11 is 0. The Kier molecular flexibility index (Phi) is 5.17. The Balaban J connectivity index is 2.13. The van der Waals surface area contributed by atoms with Crippen molar-refractivity contribution in [3.05, 3.63) is 79.6 Å². The summed E-state index contributed by atoms with van der Waals surface area (Å²) in [6.07, 6.45) is 1.35. The molecule has 0 aliphatic rings. The first kappa shape index (κ1) is 19.9. The van der Waals surface area contributed by atoms with E-state index in [1.165, 1.54) is 27.8 Å². The fourth-order valence-electron chi connectivity index (χ4n) is 3.98. The van der Waals surface area contributed by atoms with Gasteiger partial charge in [0, 0.05) is 11.1 Å². The van der Waals surface area contributed by atoms with Gasteiger partial charge in [-0.3, -0.25) is 4.79 Å². The average molecular weight is 373 g/mol. The van der Waals surface area contributed by atoms with Crippen molar-refractivity contribution in [2.45, 2.75) is 59.8 Å². The van der Waals surface area contributed by atoms with E-state index in [0.29, 0.717) is 12.8 Å². The zero-order valence-electron chi connectivity index (χ0n) is 17.7. The first-order valence-electron chi connectivity index (χ1n) is 9.84. The van der Waals surface area contributed by atoms with E-state index in [9.17, 15) is 10.1 Å². The molecule has 0 saturated heterocycles. The Morgan fingerprint density at radius 2 is 1.68 bits per heavy atom. The zero-order chi connectivity index (χ0) is 20.6. The maximum Gasteiger partial charge on any atom is 0.251 e. The van der Waals surface area contributed by atoms with Gasteiger partial charge in [-0.2, -0.15) is 5.26 Å². The number of rotatable bonds is 4. The second-order valence-electron chi connectivity index (χ2n) is 8.14. The summed E-state index contributed by atoms with van der Waals surface area (Å²) in [6, 6.07) is 12.7. The molecular formula is C25H28N2O. The molecule has 0 amide bonds. The molecule has 0 fully saturated rings. The Morgan fingerprint density at radius 3 is 2.25 bits per heavy atom. The summed E-state index contributed by atoms with van der Waals surface area (Å²) in [4.78, 5) is 15.2. The molecule has 0 saturated carbocycles. The van der Waals surface area contributed by atoms with E-state index in [-0.39, 0.29) is 5.56 Å². The number of pyridine rings is 1. The summed E-state index contributed by atoms with van der Waals surface area (Å²) in [5.41, 5.74) is 8.05. The van der Waals surface area contributed by atoms with E-state index in [4.69, 9.17) is 0 Å². The topological polar surface area (TPSA) is 56.6 Å². The van der Waals surface area contributed by atoms with Gasteiger partial charge in [-0.15, -0.1) is 0 Å². The van der Waals surface area contributed by atoms with Crippen molar-refractivity contribution >= 4 is 10.9 Å². The standard InChI is InChI=1S/C25H28N2O/c1-7-19-11-20-8-9-21(12-23(20)27-24(19)28)25(6,14-26)13-22-17(4)15(2)10-16(3)18(22)5/h8-12H,7,13H2,1-6H3,(H,27,28). The van der Waals surface area contributed by atoms with Gasteiger partial charge in [0.2, 0.25) is 0 Å². The third kappa shape index (κ3) is 3.36. The number of nitrogens with one attached hydrogen (secondary N) is 1. The van der Waals surface area contributed by atoms with Crippen LogP contribution in [0, 0.1) is 39.0 Å². The van der Waals surface area contributed by atoms with Crippen molar-refractivity contribution in [3.63, 3.8) is 0 Å². The molecule has 0 bridgehead atoms. The van der Waals surface area contributed by atoms with Crippen LogP contribution in [0.2, 0.25) is 0 Å². The number of hydrogen-bond acceptors (Lipinski definition) is 2. The number of aromatic amines is 1. The van der Waals surface area contributed by atoms with Crippen LogP contribution < -0.4 is 5.56 Å². The van der Waals surface area contributed by atoms with Gasteiger partial charge in [0.15, 0.2) is 0 Å². The molecule has 1 atom stereocenters. The molecule has 1 unspecified atom stereocenters. The average Bonchev–Trinajstić information content (AvgIpc) is 2.68. The minimum absolute atomic E-state index is 0.0493. The Morgan fingerprint density at radius 1 is 1.04 bits per heavy atom. The summed E-state index contributed by atoms with van der Waals surface area (Å²) in [6.45, 7) is 12.5. The van der Waals surface area contributed by atoms with Gasteiger partial charge in [-0.1, -0.05) is 25.1 Å². The van der Waals surface area contributed by atoms with Crippen molar-refractivity contribution in [1.29, 1.82) is 5.26 Å². The summed E-state index contributed by atoms with van der Waals surface area (Å²) in [5, 5.41) is 11.1. The molecule has 3 aromatic rings. The molecule has 3 heteroatoms. The molecule has 3 rings (SSSR count). The molecule has 0 spiro atoms. The normalized spacial score (nSPS) is 13.3. The molecule has 144 valence electrons. The van der Waals surface area contributed by atoms with Crippen LogP contribution in [0.3, 0.4) is 0 Å². The highest BCUT2D eigenvalue weighted by molar-refractivity contribution is 5.80. The summed E-state index contributed by atoms with van der Waals surface area (Å²) in [5.74, 6) is 0. The number of H-pyrrole nitrogens is 1. The van der Waals surface area contributed by atoms with Gasteiger partial charge in [0.05, 0.1) is 11.5 Å². The van der Waals surface area contributed by atoms with E-state index in [2.05, 4.69) is 44.8 Å². The maximum absolute atomic E-state index is 12.2. The highest BCUT2D eigenvalue weighted by Gasteiger charge is 2.29. The summed E-state index contributed by atoms with van der Waals surface area (Å²) < 4.78 is 0. The predicted octanol–water partition coefficient (Wildman–Crippen LogP) is 5.35. The molecule has 1 aromatic heterocycles. The number of nitrogens with zero attached hydrogens (tertiary/aromatic N) is 1. The van der Waals surface area contributed by atoms with Crippen molar-refractivity contribution in [3.8, 4) is 6.07 Å². The summed E-state index contributed by atoms with van der Waals surface area (Å²) in [7, 11) is 0. The fourth-order valence-corrected chi connectivity index (χ4v) is 3.98. The number of nitriles is 1. The Bertz CT molecular complexity index is 1140. The third-order valence-corrected chi connectivity index (χ3v) is 6.24. The Labute approximate surface area is 167 Å². The quantitative estimate of drug-likeness (QED) is 0.671. The molecule has 2 aromatic carbocycles. The van der Waals surface area contributed by atoms with Gasteiger partial charge < -0.3 is 4.98 Å². The SMILES string of the molecule is CCc1cc2ccc(C(C)(C#N)Cc3c(C)c(C)cc(C)c3C)cc2[nH]c1=O. The van der Waals surface area contributed by atoms with E-state index in [0.717, 1.165) is 22.0 Å². The molecule has 0 aliphatic carbocycles. The largest absolute Gasteiger partial charge is 0.322 e. The number of benzene rings is 2. The number of hydrogen-bond donors (Lipinski definition) is 1. The third-order valence-electron chi connectivity index (χ3n) is 6.24. The van der Waals surface area contributed by atoms with Crippen LogP contribution in [0.25, 0.3) is 10.9 Å². The highest BCUT2D eigenvalue weighted by Crippen LogP contribution is 2.33. The van der Waals surface area contributed by atoms with Gasteiger partial charge >= 0.3 is 0 Å². The van der Waals surface area contributed by atoms with E-state index in [1.807, 2.05) is 38.1 Å². The number of aromatic nitrogens is 1. The lowest BCUT2D eigenvalue weighted by Crippen LogP contribution is -2.24. The van der Waals surface area contributed by atoms with Gasteiger partial charge in [0.1, 0.15) is 0 Å². The zero-order valence-corrected chi connectivity index (χ0v) is 17.7. The number of aryl methyl sites for hydroxylation is 3. The second-order valence-corrected chi connectivity index (χ2v) is 8.14. The van der Waals surface area contributed by atoms with Crippen molar-refractivity contribution in [1.82, 2.24) is 4.98 Å². The minimum atomic E-state index is -0.676. The lowest BCUT2D eigenvalue weighted by atomic mass is 9.75. The fraction of sp³-hybridized carbons (Fsp3) is 0.360. The molecule has 1 heterocycles. The molecule has 1 N–H and O–H groups in total. The minimum Gasteiger partial charge on any atom is -0.322 e. The van der Waals surface area contributed by atoms with Crippen LogP contribution in [0.15, 0.2) is 35.1 Å². The number of fused-ring (bicyclic) bond motifs is 1. The molecule has 3 nitrogen and oxygen atoms in total. The Hall–Kier alpha value is -2.86. The monoisotopic (exact) mass is 372 g/mol. The van der Waals surface area contributed by atoms with Crippen LogP contribution in [-0.2, 0) is 18.3 Å². The van der Waals surface area contributed by atoms with Crippen LogP contribution in [-0.4, -0.2) is 4.98 Å². The molecule has 0 radical (unpaired) electrons. The van der Waals surface area contributed by atoms with Gasteiger partial charge in [-0.05, 0) is 98.4 Å². The first-order valence-corrected chi connectivity index (χ1v) is 9.84. The molecular weight excluding hydrogens is 344 g/mol. The van der Waals surface area contributed by atoms with Crippen LogP contribution in [0.1, 0.15) is 52.8 Å². The predicted molar refractivity (Wildman–Crippen MR) is 116 cm³/mol. The van der Waals surface area contributed by atoms with Crippen LogP contribution in [0.5, 0.6) is 0 Å². The van der Waals surface area contributed by atoms with E-state index in [1.54, 1.807) is 0 Å². The lowest BCUT2D eigenvalue weighted by Gasteiger charge is -2.26. The van der Waals surface area contributed by atoms with Crippen molar-refractivity contribution in [2.75, 3.05) is 0 Å². The van der Waals surface area contributed by atoms with Gasteiger partial charge in [0.25, 0.3) is 5.56 Å². The van der Waals surface area contributed by atoms with Gasteiger partial charge in [-0.25, -0.2) is 0 Å². The van der Waals surface area contributed by atoms with Crippen LogP contribution in [0.4, 0.5) is 0 Å². The van der Waals surface area contributed by atoms with E-state index < -0.39 is 5.41 Å².